The Kier molecular flexibility index (Phi) is 4.87. The van der Waals surface area contributed by atoms with E-state index >= 15 is 0 Å². The zero-order chi connectivity index (χ0) is 14.4. The average molecular weight is 274 g/mol. The fraction of sp³-hybridized carbons (Fsp3) is 0.400. The first kappa shape index (κ1) is 14.2. The highest BCUT2D eigenvalue weighted by Gasteiger charge is 2.20. The molecule has 1 fully saturated rings. The van der Waals surface area contributed by atoms with Gasteiger partial charge in [0.2, 0.25) is 0 Å². The third kappa shape index (κ3) is 4.50. The van der Waals surface area contributed by atoms with Crippen molar-refractivity contribution in [2.75, 3.05) is 6.54 Å². The topological polar surface area (TPSA) is 79.3 Å². The molecule has 5 nitrogen and oxygen atoms in total. The predicted octanol–water partition coefficient (Wildman–Crippen LogP) is 2.10. The van der Waals surface area contributed by atoms with Crippen LogP contribution in [0, 0.1) is 5.92 Å². The van der Waals surface area contributed by atoms with Gasteiger partial charge in [0.05, 0.1) is 0 Å². The van der Waals surface area contributed by atoms with E-state index in [1.165, 1.54) is 37.7 Å². The molecule has 0 aliphatic heterocycles. The van der Waals surface area contributed by atoms with Crippen LogP contribution < -0.4 is 5.32 Å². The molecule has 0 spiro atoms. The standard InChI is InChI=1S/C15H18N2O3/c18-14(19)6-5-12-10-16-9-7-13(12)15(20)17-8-1-2-11-3-4-11/h5-7,9-11H,1-4,8H2,(H,17,20)(H,18,19)/b6-5+. The summed E-state index contributed by atoms with van der Waals surface area (Å²) in [6.07, 6.45) is 10.2. The summed E-state index contributed by atoms with van der Waals surface area (Å²) in [5.74, 6) is -0.375. The molecule has 1 heterocycles. The van der Waals surface area contributed by atoms with E-state index in [9.17, 15) is 9.59 Å². The van der Waals surface area contributed by atoms with Gasteiger partial charge in [0.25, 0.3) is 5.91 Å². The lowest BCUT2D eigenvalue weighted by molar-refractivity contribution is -0.131. The molecule has 0 unspecified atom stereocenters. The summed E-state index contributed by atoms with van der Waals surface area (Å²) in [6, 6.07) is 1.59. The number of pyridine rings is 1. The Hall–Kier alpha value is -2.17. The van der Waals surface area contributed by atoms with Crippen molar-refractivity contribution in [2.45, 2.75) is 25.7 Å². The number of hydrogen-bond acceptors (Lipinski definition) is 3. The smallest absolute Gasteiger partial charge is 0.328 e. The van der Waals surface area contributed by atoms with Gasteiger partial charge in [-0.3, -0.25) is 9.78 Å². The van der Waals surface area contributed by atoms with Crippen molar-refractivity contribution in [3.05, 3.63) is 35.7 Å². The molecule has 106 valence electrons. The summed E-state index contributed by atoms with van der Waals surface area (Å²) in [5.41, 5.74) is 0.957. The van der Waals surface area contributed by atoms with E-state index in [-0.39, 0.29) is 5.91 Å². The van der Waals surface area contributed by atoms with Crippen LogP contribution in [0.15, 0.2) is 24.5 Å². The van der Waals surface area contributed by atoms with Crippen molar-refractivity contribution >= 4 is 18.0 Å². The Morgan fingerprint density at radius 2 is 2.25 bits per heavy atom. The number of aromatic nitrogens is 1. The van der Waals surface area contributed by atoms with Crippen LogP contribution in [0.2, 0.25) is 0 Å². The molecule has 0 radical (unpaired) electrons. The van der Waals surface area contributed by atoms with Crippen molar-refractivity contribution < 1.29 is 14.7 Å². The van der Waals surface area contributed by atoms with Gasteiger partial charge in [-0.25, -0.2) is 4.79 Å². The van der Waals surface area contributed by atoms with E-state index in [1.54, 1.807) is 6.07 Å². The van der Waals surface area contributed by atoms with Gasteiger partial charge in [-0.2, -0.15) is 0 Å². The highest BCUT2D eigenvalue weighted by molar-refractivity contribution is 5.98. The van der Waals surface area contributed by atoms with E-state index in [1.807, 2.05) is 0 Å². The fourth-order valence-electron chi connectivity index (χ4n) is 2.00. The molecule has 1 aliphatic carbocycles. The number of hydrogen-bond donors (Lipinski definition) is 2. The quantitative estimate of drug-likeness (QED) is 0.589. The number of amides is 1. The zero-order valence-electron chi connectivity index (χ0n) is 11.2. The number of nitrogens with one attached hydrogen (secondary N) is 1. The molecule has 1 aromatic rings. The van der Waals surface area contributed by atoms with Crippen LogP contribution in [0.3, 0.4) is 0 Å². The van der Waals surface area contributed by atoms with Gasteiger partial charge in [-0.05, 0) is 30.9 Å². The van der Waals surface area contributed by atoms with Crippen LogP contribution in [0.25, 0.3) is 6.08 Å². The van der Waals surface area contributed by atoms with E-state index in [4.69, 9.17) is 5.11 Å². The Morgan fingerprint density at radius 3 is 2.95 bits per heavy atom. The largest absolute Gasteiger partial charge is 0.478 e. The lowest BCUT2D eigenvalue weighted by Gasteiger charge is -2.07. The van der Waals surface area contributed by atoms with Crippen molar-refractivity contribution in [2.24, 2.45) is 5.92 Å². The van der Waals surface area contributed by atoms with Crippen LogP contribution in [0.1, 0.15) is 41.6 Å². The molecule has 0 saturated heterocycles. The summed E-state index contributed by atoms with van der Waals surface area (Å²) < 4.78 is 0. The van der Waals surface area contributed by atoms with Gasteiger partial charge >= 0.3 is 5.97 Å². The molecule has 0 bridgehead atoms. The summed E-state index contributed by atoms with van der Waals surface area (Å²) in [5, 5.41) is 11.5. The lowest BCUT2D eigenvalue weighted by Crippen LogP contribution is -2.25. The Bertz CT molecular complexity index is 522. The molecular formula is C15H18N2O3. The Balaban J connectivity index is 1.91. The number of carbonyl (C=O) groups excluding carboxylic acids is 1. The van der Waals surface area contributed by atoms with E-state index in [2.05, 4.69) is 10.3 Å². The van der Waals surface area contributed by atoms with E-state index < -0.39 is 5.97 Å². The first-order valence-corrected chi connectivity index (χ1v) is 6.80. The second-order valence-electron chi connectivity index (χ2n) is 4.98. The minimum atomic E-state index is -1.05. The summed E-state index contributed by atoms with van der Waals surface area (Å²) in [4.78, 5) is 26.5. The number of carbonyl (C=O) groups is 2. The van der Waals surface area contributed by atoms with Gasteiger partial charge in [0, 0.05) is 36.1 Å². The molecule has 20 heavy (non-hydrogen) atoms. The first-order chi connectivity index (χ1) is 9.66. The monoisotopic (exact) mass is 274 g/mol. The first-order valence-electron chi connectivity index (χ1n) is 6.80. The molecule has 2 rings (SSSR count). The highest BCUT2D eigenvalue weighted by atomic mass is 16.4. The zero-order valence-corrected chi connectivity index (χ0v) is 11.2. The molecule has 5 heteroatoms. The van der Waals surface area contributed by atoms with Gasteiger partial charge in [0.15, 0.2) is 0 Å². The fourth-order valence-corrected chi connectivity index (χ4v) is 2.00. The van der Waals surface area contributed by atoms with Gasteiger partial charge in [-0.15, -0.1) is 0 Å². The van der Waals surface area contributed by atoms with Crippen LogP contribution in [0.4, 0.5) is 0 Å². The molecule has 1 amide bonds. The van der Waals surface area contributed by atoms with E-state index in [0.717, 1.165) is 18.4 Å². The Labute approximate surface area is 117 Å². The molecule has 0 aromatic carbocycles. The molecule has 2 N–H and O–H groups in total. The number of rotatable bonds is 7. The third-order valence-corrected chi connectivity index (χ3v) is 3.27. The summed E-state index contributed by atoms with van der Waals surface area (Å²) in [7, 11) is 0. The maximum absolute atomic E-state index is 12.1. The second-order valence-corrected chi connectivity index (χ2v) is 4.98. The van der Waals surface area contributed by atoms with Crippen LogP contribution in [0.5, 0.6) is 0 Å². The normalized spacial score (nSPS) is 14.4. The van der Waals surface area contributed by atoms with Crippen molar-refractivity contribution in [1.29, 1.82) is 0 Å². The van der Waals surface area contributed by atoms with Crippen molar-refractivity contribution in [3.63, 3.8) is 0 Å². The predicted molar refractivity (Wildman–Crippen MR) is 75.2 cm³/mol. The number of nitrogens with zero attached hydrogens (tertiary/aromatic N) is 1. The Morgan fingerprint density at radius 1 is 1.45 bits per heavy atom. The highest BCUT2D eigenvalue weighted by Crippen LogP contribution is 2.33. The van der Waals surface area contributed by atoms with E-state index in [0.29, 0.717) is 17.7 Å². The van der Waals surface area contributed by atoms with Gasteiger partial charge in [0.1, 0.15) is 0 Å². The molecule has 1 saturated carbocycles. The second kappa shape index (κ2) is 6.84. The molecule has 1 aliphatic rings. The van der Waals surface area contributed by atoms with Crippen LogP contribution >= 0.6 is 0 Å². The van der Waals surface area contributed by atoms with Crippen LogP contribution in [-0.2, 0) is 4.79 Å². The number of aliphatic carboxylic acids is 1. The minimum absolute atomic E-state index is 0.187. The maximum Gasteiger partial charge on any atom is 0.328 e. The SMILES string of the molecule is O=C(O)/C=C/c1cnccc1C(=O)NCCCC1CC1. The van der Waals surface area contributed by atoms with Crippen molar-refractivity contribution in [1.82, 2.24) is 10.3 Å². The molecular weight excluding hydrogens is 256 g/mol. The lowest BCUT2D eigenvalue weighted by atomic mass is 10.1. The summed E-state index contributed by atoms with van der Waals surface area (Å²) >= 11 is 0. The van der Waals surface area contributed by atoms with Gasteiger partial charge in [-0.1, -0.05) is 12.8 Å². The third-order valence-electron chi connectivity index (χ3n) is 3.27. The molecule has 0 atom stereocenters. The van der Waals surface area contributed by atoms with Crippen LogP contribution in [-0.4, -0.2) is 28.5 Å². The number of carboxylic acid groups (broad SMARTS) is 1. The van der Waals surface area contributed by atoms with Gasteiger partial charge < -0.3 is 10.4 Å². The minimum Gasteiger partial charge on any atom is -0.478 e. The maximum atomic E-state index is 12.1. The van der Waals surface area contributed by atoms with Crippen molar-refractivity contribution in [3.8, 4) is 0 Å². The summed E-state index contributed by atoms with van der Waals surface area (Å²) in [6.45, 7) is 0.653. The number of carboxylic acids is 1. The molecule has 1 aromatic heterocycles. The average Bonchev–Trinajstić information content (AvgIpc) is 3.25.